The molecule has 0 aliphatic heterocycles. The number of para-hydroxylation sites is 1. The van der Waals surface area contributed by atoms with Crippen molar-refractivity contribution in [2.24, 2.45) is 11.8 Å². The molecule has 2 aromatic heterocycles. The van der Waals surface area contributed by atoms with Gasteiger partial charge in [0.1, 0.15) is 23.1 Å². The molecule has 1 amide bonds. The minimum Gasteiger partial charge on any atom is -1.00 e. The molecule has 5 aromatic rings. The Balaban J connectivity index is 0.00000302. The van der Waals surface area contributed by atoms with E-state index in [1.54, 1.807) is 35.9 Å². The summed E-state index contributed by atoms with van der Waals surface area (Å²) in [6.07, 6.45) is 7.37. The second-order valence-electron chi connectivity index (χ2n) is 10.7. The van der Waals surface area contributed by atoms with Gasteiger partial charge in [-0.05, 0) is 79.1 Å². The highest BCUT2D eigenvalue weighted by Gasteiger charge is 2.54. The van der Waals surface area contributed by atoms with Gasteiger partial charge < -0.3 is 26.5 Å². The van der Waals surface area contributed by atoms with Crippen molar-refractivity contribution in [3.05, 3.63) is 113 Å². The number of nitrogens with one attached hydrogen (secondary N) is 1. The van der Waals surface area contributed by atoms with Gasteiger partial charge in [-0.25, -0.2) is 9.78 Å². The molecule has 0 saturated heterocycles. The number of carbonyl (C=O) groups excluding carboxylic acids is 1. The number of ether oxygens (including phenoxy) is 2. The topological polar surface area (TPSA) is 73.3 Å². The maximum absolute atomic E-state index is 13.0. The number of aromatic nitrogens is 2. The monoisotopic (exact) mass is 626 g/mol. The predicted molar refractivity (Wildman–Crippen MR) is 157 cm³/mol. The Morgan fingerprint density at radius 1 is 1.00 bits per heavy atom. The molecule has 3 atom stereocenters. The Morgan fingerprint density at radius 3 is 2.61 bits per heavy atom. The third-order valence-electron chi connectivity index (χ3n) is 8.38. The van der Waals surface area contributed by atoms with Gasteiger partial charge in [0.2, 0.25) is 0 Å². The first-order valence-corrected chi connectivity index (χ1v) is 14.6. The molecular weight excluding hydrogens is 598 g/mol. The van der Waals surface area contributed by atoms with Gasteiger partial charge in [-0.1, -0.05) is 48.9 Å². The molecule has 1 N–H and O–H groups in total. The molecule has 7 rings (SSSR count). The number of anilines is 1. The first-order chi connectivity index (χ1) is 19.7. The molecule has 2 aliphatic carbocycles. The summed E-state index contributed by atoms with van der Waals surface area (Å²) in [5, 5.41) is 3.73. The van der Waals surface area contributed by atoms with Crippen LogP contribution in [0.5, 0.6) is 11.5 Å². The summed E-state index contributed by atoms with van der Waals surface area (Å²) in [5.74, 6) is 2.44. The molecule has 2 saturated carbocycles. The normalized spacial score (nSPS) is 20.9. The van der Waals surface area contributed by atoms with E-state index in [2.05, 4.69) is 52.8 Å². The van der Waals surface area contributed by atoms with E-state index in [-0.39, 0.29) is 22.4 Å². The maximum atomic E-state index is 13.0. The molecule has 2 bridgehead atoms. The van der Waals surface area contributed by atoms with Crippen LogP contribution >= 0.6 is 11.3 Å². The third kappa shape index (κ3) is 5.34. The second-order valence-corrected chi connectivity index (χ2v) is 11.8. The first kappa shape index (κ1) is 27.4. The SMILES string of the molecule is O=C(Nc1cccnc1)Oc1ccc(OCc2nc3ccccc3s2)cc1C1(c2ccccc2)CC2CCC1C2.[Br-]. The van der Waals surface area contributed by atoms with Crippen LogP contribution in [-0.2, 0) is 12.0 Å². The van der Waals surface area contributed by atoms with Gasteiger partial charge >= 0.3 is 6.09 Å². The zero-order valence-electron chi connectivity index (χ0n) is 22.3. The number of hydrogen-bond donors (Lipinski definition) is 1. The van der Waals surface area contributed by atoms with Crippen molar-refractivity contribution >= 4 is 33.3 Å². The van der Waals surface area contributed by atoms with E-state index >= 15 is 0 Å². The zero-order valence-corrected chi connectivity index (χ0v) is 24.7. The highest BCUT2D eigenvalue weighted by molar-refractivity contribution is 7.18. The molecule has 3 aromatic carbocycles. The molecule has 2 aliphatic rings. The van der Waals surface area contributed by atoms with Gasteiger partial charge in [-0.3, -0.25) is 10.3 Å². The third-order valence-corrected chi connectivity index (χ3v) is 9.39. The summed E-state index contributed by atoms with van der Waals surface area (Å²) in [6, 6.07) is 28.2. The lowest BCUT2D eigenvalue weighted by molar-refractivity contribution is -0.0000129. The summed E-state index contributed by atoms with van der Waals surface area (Å²) in [6.45, 7) is 0.380. The Bertz CT molecular complexity index is 1630. The fraction of sp³-hybridized carbons (Fsp3) is 0.242. The molecule has 6 nitrogen and oxygen atoms in total. The van der Waals surface area contributed by atoms with Gasteiger partial charge in [0.05, 0.1) is 22.1 Å². The van der Waals surface area contributed by atoms with Crippen LogP contribution in [0.15, 0.2) is 97.3 Å². The number of benzene rings is 3. The van der Waals surface area contributed by atoms with E-state index in [4.69, 9.17) is 14.5 Å². The second kappa shape index (κ2) is 11.6. The number of pyridine rings is 1. The standard InChI is InChI=1S/C33H29N3O3S.BrH/c37-32(35-25-9-6-16-34-20-25)39-29-15-14-26(38-21-31-36-28-10-4-5-11-30(28)40-31)18-27(29)33(23-7-2-1-3-8-23)19-22-12-13-24(33)17-22;/h1-11,14-16,18,20,22,24H,12-13,17,19,21H2,(H,35,37);1H/p-1. The molecular formula is C33H29BrN3O3S-. The van der Waals surface area contributed by atoms with Crippen LogP contribution in [0.2, 0.25) is 0 Å². The fourth-order valence-electron chi connectivity index (χ4n) is 6.75. The van der Waals surface area contributed by atoms with Gasteiger partial charge in [-0.2, -0.15) is 0 Å². The summed E-state index contributed by atoms with van der Waals surface area (Å²) in [5.41, 5.74) is 3.60. The van der Waals surface area contributed by atoms with Crippen molar-refractivity contribution in [2.75, 3.05) is 5.32 Å². The van der Waals surface area contributed by atoms with E-state index in [0.717, 1.165) is 39.4 Å². The van der Waals surface area contributed by atoms with Crippen LogP contribution in [-0.4, -0.2) is 16.1 Å². The highest BCUT2D eigenvalue weighted by Crippen LogP contribution is 2.61. The molecule has 0 spiro atoms. The number of halogens is 1. The van der Waals surface area contributed by atoms with Crippen molar-refractivity contribution in [3.63, 3.8) is 0 Å². The van der Waals surface area contributed by atoms with Crippen LogP contribution in [0.25, 0.3) is 10.2 Å². The van der Waals surface area contributed by atoms with Crippen molar-refractivity contribution in [1.29, 1.82) is 0 Å². The van der Waals surface area contributed by atoms with E-state index in [0.29, 0.717) is 29.9 Å². The minimum absolute atomic E-state index is 0. The Kier molecular flexibility index (Phi) is 7.77. The van der Waals surface area contributed by atoms with Crippen molar-refractivity contribution in [3.8, 4) is 11.5 Å². The van der Waals surface area contributed by atoms with E-state index < -0.39 is 6.09 Å². The Labute approximate surface area is 253 Å². The lowest BCUT2D eigenvalue weighted by Crippen LogP contribution is -3.00. The largest absolute Gasteiger partial charge is 1.00 e. The number of rotatable bonds is 7. The van der Waals surface area contributed by atoms with Crippen molar-refractivity contribution < 1.29 is 31.2 Å². The molecule has 208 valence electrons. The number of carbonyl (C=O) groups is 1. The maximum Gasteiger partial charge on any atom is 0.417 e. The van der Waals surface area contributed by atoms with Crippen LogP contribution in [0.3, 0.4) is 0 Å². The van der Waals surface area contributed by atoms with E-state index in [1.807, 2.05) is 30.3 Å². The fourth-order valence-corrected chi connectivity index (χ4v) is 7.63. The van der Waals surface area contributed by atoms with Gasteiger partial charge in [0.15, 0.2) is 0 Å². The first-order valence-electron chi connectivity index (χ1n) is 13.7. The lowest BCUT2D eigenvalue weighted by atomic mass is 9.64. The number of amides is 1. The Hall–Kier alpha value is -3.75. The van der Waals surface area contributed by atoms with Crippen LogP contribution in [0.1, 0.15) is 41.8 Å². The smallest absolute Gasteiger partial charge is 0.417 e. The number of nitrogens with zero attached hydrogens (tertiary/aromatic N) is 2. The van der Waals surface area contributed by atoms with Crippen molar-refractivity contribution in [1.82, 2.24) is 9.97 Å². The van der Waals surface area contributed by atoms with Crippen LogP contribution in [0, 0.1) is 11.8 Å². The molecule has 41 heavy (non-hydrogen) atoms. The van der Waals surface area contributed by atoms with Crippen LogP contribution < -0.4 is 31.8 Å². The van der Waals surface area contributed by atoms with Gasteiger partial charge in [0, 0.05) is 17.2 Å². The predicted octanol–water partition coefficient (Wildman–Crippen LogP) is 4.99. The zero-order chi connectivity index (χ0) is 26.9. The van der Waals surface area contributed by atoms with Crippen LogP contribution in [0.4, 0.5) is 10.5 Å². The van der Waals surface area contributed by atoms with E-state index in [9.17, 15) is 4.79 Å². The number of fused-ring (bicyclic) bond motifs is 3. The lowest BCUT2D eigenvalue weighted by Gasteiger charge is -2.40. The summed E-state index contributed by atoms with van der Waals surface area (Å²) >= 11 is 1.65. The highest BCUT2D eigenvalue weighted by atomic mass is 79.9. The quantitative estimate of drug-likeness (QED) is 0.275. The number of thiazole rings is 1. The summed E-state index contributed by atoms with van der Waals surface area (Å²) < 4.78 is 13.5. The minimum atomic E-state index is -0.538. The summed E-state index contributed by atoms with van der Waals surface area (Å²) in [7, 11) is 0. The van der Waals surface area contributed by atoms with E-state index in [1.165, 1.54) is 18.4 Å². The van der Waals surface area contributed by atoms with Gasteiger partial charge in [-0.15, -0.1) is 11.3 Å². The van der Waals surface area contributed by atoms with Crippen molar-refractivity contribution in [2.45, 2.75) is 37.7 Å². The molecule has 2 fully saturated rings. The van der Waals surface area contributed by atoms with Gasteiger partial charge in [0.25, 0.3) is 0 Å². The molecule has 8 heteroatoms. The Morgan fingerprint density at radius 2 is 1.85 bits per heavy atom. The number of hydrogen-bond acceptors (Lipinski definition) is 6. The average molecular weight is 628 g/mol. The summed E-state index contributed by atoms with van der Waals surface area (Å²) in [4.78, 5) is 21.8. The average Bonchev–Trinajstić information content (AvgIpc) is 3.73. The molecule has 0 radical (unpaired) electrons. The molecule has 3 unspecified atom stereocenters. The molecule has 2 heterocycles.